The van der Waals surface area contributed by atoms with Crippen LogP contribution in [0.4, 0.5) is 0 Å². The lowest BCUT2D eigenvalue weighted by atomic mass is 9.94. The van der Waals surface area contributed by atoms with Crippen molar-refractivity contribution in [3.05, 3.63) is 218 Å². The van der Waals surface area contributed by atoms with Gasteiger partial charge in [0.1, 0.15) is 0 Å². The summed E-state index contributed by atoms with van der Waals surface area (Å²) in [7, 11) is 0. The fraction of sp³-hybridized carbons (Fsp3) is 0. The van der Waals surface area contributed by atoms with E-state index >= 15 is 0 Å². The minimum atomic E-state index is 0.644. The van der Waals surface area contributed by atoms with Crippen molar-refractivity contribution in [2.24, 2.45) is 0 Å². The molecule has 0 aliphatic rings. The van der Waals surface area contributed by atoms with Crippen LogP contribution < -0.4 is 0 Å². The molecule has 4 nitrogen and oxygen atoms in total. The molecular weight excluding hydrogens is 753 g/mol. The van der Waals surface area contributed by atoms with Gasteiger partial charge in [-0.2, -0.15) is 0 Å². The second kappa shape index (κ2) is 13.6. The Bertz CT molecular complexity index is 3910. The Hall–Kier alpha value is -8.34. The summed E-state index contributed by atoms with van der Waals surface area (Å²) >= 11 is 0. The summed E-state index contributed by atoms with van der Waals surface area (Å²) in [6.45, 7) is 0. The van der Waals surface area contributed by atoms with E-state index in [0.29, 0.717) is 5.95 Å². The van der Waals surface area contributed by atoms with Crippen molar-refractivity contribution in [1.82, 2.24) is 19.1 Å². The summed E-state index contributed by atoms with van der Waals surface area (Å²) in [5, 5.41) is 10.7. The minimum absolute atomic E-state index is 0.644. The van der Waals surface area contributed by atoms with Crippen molar-refractivity contribution < 1.29 is 0 Å². The van der Waals surface area contributed by atoms with Gasteiger partial charge in [-0.3, -0.25) is 4.57 Å². The third-order valence-electron chi connectivity index (χ3n) is 12.7. The average Bonchev–Trinajstić information content (AvgIpc) is 3.86. The molecule has 3 aromatic heterocycles. The molecule has 0 radical (unpaired) electrons. The highest BCUT2D eigenvalue weighted by molar-refractivity contribution is 6.24. The van der Waals surface area contributed by atoms with E-state index in [1.54, 1.807) is 0 Å². The Kier molecular flexibility index (Phi) is 7.57. The van der Waals surface area contributed by atoms with E-state index in [4.69, 9.17) is 9.97 Å². The van der Waals surface area contributed by atoms with Crippen LogP contribution in [0.25, 0.3) is 121 Å². The van der Waals surface area contributed by atoms with Crippen LogP contribution in [-0.4, -0.2) is 19.1 Å². The van der Waals surface area contributed by atoms with Crippen LogP contribution in [0.5, 0.6) is 0 Å². The Morgan fingerprint density at radius 1 is 0.306 bits per heavy atom. The summed E-state index contributed by atoms with van der Waals surface area (Å²) in [4.78, 5) is 10.8. The van der Waals surface area contributed by atoms with Gasteiger partial charge in [0.15, 0.2) is 0 Å². The summed E-state index contributed by atoms with van der Waals surface area (Å²) < 4.78 is 4.65. The lowest BCUT2D eigenvalue weighted by Crippen LogP contribution is -2.03. The second-order valence-electron chi connectivity index (χ2n) is 16.1. The van der Waals surface area contributed by atoms with E-state index < -0.39 is 0 Å². The summed E-state index contributed by atoms with van der Waals surface area (Å²) in [5.74, 6) is 0.644. The molecule has 0 aliphatic carbocycles. The lowest BCUT2D eigenvalue weighted by Gasteiger charge is -2.14. The molecule has 3 heterocycles. The number of benzene rings is 10. The van der Waals surface area contributed by atoms with Crippen LogP contribution in [0.2, 0.25) is 0 Å². The van der Waals surface area contributed by atoms with Gasteiger partial charge in [0, 0.05) is 38.2 Å². The number of hydrogen-bond donors (Lipinski definition) is 0. The van der Waals surface area contributed by atoms with Crippen molar-refractivity contribution in [2.75, 3.05) is 0 Å². The van der Waals surface area contributed by atoms with E-state index in [2.05, 4.69) is 228 Å². The first-order valence-electron chi connectivity index (χ1n) is 21.2. The van der Waals surface area contributed by atoms with Gasteiger partial charge in [-0.05, 0) is 92.3 Å². The molecule has 0 N–H and O–H groups in total. The fourth-order valence-corrected chi connectivity index (χ4v) is 9.95. The van der Waals surface area contributed by atoms with Crippen LogP contribution in [-0.2, 0) is 0 Å². The number of hydrogen-bond acceptors (Lipinski definition) is 2. The topological polar surface area (TPSA) is 35.6 Å². The molecular formula is C58H36N4. The fourth-order valence-electron chi connectivity index (χ4n) is 9.95. The van der Waals surface area contributed by atoms with E-state index in [1.165, 1.54) is 70.8 Å². The van der Waals surface area contributed by atoms with Gasteiger partial charge in [-0.1, -0.05) is 170 Å². The first-order valence-corrected chi connectivity index (χ1v) is 21.2. The SMILES string of the molecule is c1ccc(-n2c3ccccc3c3cc(-c4cc5c(c6ccccc46)c4ccccc4n5-c4nc(-c5ccc(-c6cccc7ccccc67)cc5)c5ccccc5n4)ccc32)cc1. The van der Waals surface area contributed by atoms with Gasteiger partial charge < -0.3 is 4.57 Å². The highest BCUT2D eigenvalue weighted by Crippen LogP contribution is 2.43. The van der Waals surface area contributed by atoms with Crippen molar-refractivity contribution in [1.29, 1.82) is 0 Å². The Morgan fingerprint density at radius 2 is 0.903 bits per heavy atom. The molecule has 13 rings (SSSR count). The number of fused-ring (bicyclic) bond motifs is 10. The highest BCUT2D eigenvalue weighted by Gasteiger charge is 2.22. The molecule has 0 saturated heterocycles. The zero-order chi connectivity index (χ0) is 40.7. The summed E-state index contributed by atoms with van der Waals surface area (Å²) in [5.41, 5.74) is 13.2. The summed E-state index contributed by atoms with van der Waals surface area (Å²) in [6, 6.07) is 78.6. The first-order chi connectivity index (χ1) is 30.8. The van der Waals surface area contributed by atoms with Gasteiger partial charge in [0.25, 0.3) is 0 Å². The predicted molar refractivity (Wildman–Crippen MR) is 260 cm³/mol. The van der Waals surface area contributed by atoms with Crippen LogP contribution in [0, 0.1) is 0 Å². The molecule has 288 valence electrons. The molecule has 13 aromatic rings. The summed E-state index contributed by atoms with van der Waals surface area (Å²) in [6.07, 6.45) is 0. The van der Waals surface area contributed by atoms with Crippen molar-refractivity contribution in [2.45, 2.75) is 0 Å². The monoisotopic (exact) mass is 788 g/mol. The van der Waals surface area contributed by atoms with Crippen LogP contribution in [0.1, 0.15) is 0 Å². The van der Waals surface area contributed by atoms with E-state index in [-0.39, 0.29) is 0 Å². The minimum Gasteiger partial charge on any atom is -0.309 e. The maximum Gasteiger partial charge on any atom is 0.235 e. The predicted octanol–water partition coefficient (Wildman–Crippen LogP) is 15.1. The average molecular weight is 789 g/mol. The Labute approximate surface area is 357 Å². The molecule has 0 spiro atoms. The van der Waals surface area contributed by atoms with Gasteiger partial charge >= 0.3 is 0 Å². The largest absolute Gasteiger partial charge is 0.309 e. The van der Waals surface area contributed by atoms with Crippen molar-refractivity contribution in [3.63, 3.8) is 0 Å². The normalized spacial score (nSPS) is 11.9. The van der Waals surface area contributed by atoms with Crippen molar-refractivity contribution in [3.8, 4) is 45.1 Å². The van der Waals surface area contributed by atoms with E-state index in [1.807, 2.05) is 0 Å². The molecule has 0 saturated carbocycles. The van der Waals surface area contributed by atoms with Crippen LogP contribution in [0.15, 0.2) is 218 Å². The number of rotatable bonds is 5. The quantitative estimate of drug-likeness (QED) is 0.174. The Balaban J connectivity index is 1.04. The first kappa shape index (κ1) is 34.5. The third-order valence-corrected chi connectivity index (χ3v) is 12.7. The zero-order valence-electron chi connectivity index (χ0n) is 33.6. The lowest BCUT2D eigenvalue weighted by molar-refractivity contribution is 1.01. The zero-order valence-corrected chi connectivity index (χ0v) is 33.6. The van der Waals surface area contributed by atoms with Crippen LogP contribution >= 0.6 is 0 Å². The maximum absolute atomic E-state index is 5.50. The molecule has 62 heavy (non-hydrogen) atoms. The standard InChI is InChI=1S/C58H36N4/c1-2-17-41(18-3-1)61-52-27-12-9-21-45(52)50-35-40(33-34-54(50)61)49-36-55-56(46-22-7-6-20-44(46)49)48-24-10-13-28-53(48)62(55)58-59-51-26-11-8-23-47(51)57(60-58)39-31-29-38(30-32-39)43-25-14-16-37-15-4-5-19-42(37)43/h1-36H. The van der Waals surface area contributed by atoms with Gasteiger partial charge in [0.2, 0.25) is 5.95 Å². The highest BCUT2D eigenvalue weighted by atomic mass is 15.2. The molecule has 10 aromatic carbocycles. The Morgan fingerprint density at radius 3 is 1.73 bits per heavy atom. The van der Waals surface area contributed by atoms with Crippen molar-refractivity contribution >= 4 is 76.1 Å². The van der Waals surface area contributed by atoms with Gasteiger partial charge in [-0.15, -0.1) is 0 Å². The van der Waals surface area contributed by atoms with Gasteiger partial charge in [0.05, 0.1) is 33.3 Å². The molecule has 0 atom stereocenters. The maximum atomic E-state index is 5.50. The van der Waals surface area contributed by atoms with Crippen LogP contribution in [0.3, 0.4) is 0 Å². The molecule has 0 unspecified atom stereocenters. The number of aromatic nitrogens is 4. The molecule has 0 amide bonds. The molecule has 0 aliphatic heterocycles. The smallest absolute Gasteiger partial charge is 0.235 e. The van der Waals surface area contributed by atoms with Gasteiger partial charge in [-0.25, -0.2) is 9.97 Å². The second-order valence-corrected chi connectivity index (χ2v) is 16.1. The van der Waals surface area contributed by atoms with E-state index in [9.17, 15) is 0 Å². The molecule has 4 heteroatoms. The van der Waals surface area contributed by atoms with E-state index in [0.717, 1.165) is 44.4 Å². The number of para-hydroxylation sites is 4. The number of nitrogens with zero attached hydrogens (tertiary/aromatic N) is 4. The third kappa shape index (κ3) is 5.20. The molecule has 0 bridgehead atoms. The molecule has 0 fully saturated rings.